The molecular weight excluding hydrogens is 787 g/mol. The Hall–Kier alpha value is -7.79. The molecule has 0 atom stereocenters. The van der Waals surface area contributed by atoms with Crippen LogP contribution in [0.3, 0.4) is 0 Å². The summed E-state index contributed by atoms with van der Waals surface area (Å²) < 4.78 is 354. The molecule has 0 amide bonds. The molecule has 3 heterocycles. The molecule has 2 aliphatic heterocycles. The average molecular weight is 861 g/mol. The molecule has 0 radical (unpaired) electrons. The van der Waals surface area contributed by atoms with Crippen molar-refractivity contribution in [2.45, 2.75) is 15.2 Å². The number of nitrogens with zero attached hydrogens (tertiary/aromatic N) is 1. The van der Waals surface area contributed by atoms with Gasteiger partial charge in [-0.15, -0.1) is 0 Å². The maximum absolute atomic E-state index is 10.1. The van der Waals surface area contributed by atoms with Crippen LogP contribution < -0.4 is 9.64 Å². The van der Waals surface area contributed by atoms with Gasteiger partial charge in [-0.2, -0.15) is 0 Å². The third kappa shape index (κ3) is 5.48. The van der Waals surface area contributed by atoms with Gasteiger partial charge in [0.1, 0.15) is 22.7 Å². The molecule has 0 aliphatic carbocycles. The van der Waals surface area contributed by atoms with Crippen LogP contribution >= 0.6 is 11.8 Å². The van der Waals surface area contributed by atoms with Crippen LogP contribution in [0.2, 0.25) is 0 Å². The predicted octanol–water partition coefficient (Wildman–Crippen LogP) is 16.5. The van der Waals surface area contributed by atoms with E-state index in [9.17, 15) is 27.4 Å². The third-order valence-corrected chi connectivity index (χ3v) is 11.4. The summed E-state index contributed by atoms with van der Waals surface area (Å²) in [5, 5.41) is -2.31. The van der Waals surface area contributed by atoms with Crippen LogP contribution in [0.15, 0.2) is 238 Å². The number of para-hydroxylation sites is 2. The van der Waals surface area contributed by atoms with Crippen molar-refractivity contribution in [3.63, 3.8) is 0 Å². The Morgan fingerprint density at radius 2 is 1.02 bits per heavy atom. The Morgan fingerprint density at radius 1 is 0.429 bits per heavy atom. The molecular formula is C59H37NO2S. The van der Waals surface area contributed by atoms with Crippen molar-refractivity contribution in [3.8, 4) is 33.8 Å². The summed E-state index contributed by atoms with van der Waals surface area (Å²) in [6, 6.07) is -40.2. The highest BCUT2D eigenvalue weighted by Crippen LogP contribution is 2.62. The van der Waals surface area contributed by atoms with Crippen molar-refractivity contribution in [2.75, 3.05) is 4.90 Å². The normalized spacial score (nSPS) is 21.5. The van der Waals surface area contributed by atoms with Crippen molar-refractivity contribution in [2.24, 2.45) is 0 Å². The van der Waals surface area contributed by atoms with Crippen molar-refractivity contribution in [1.82, 2.24) is 0 Å². The van der Waals surface area contributed by atoms with Gasteiger partial charge in [-0.3, -0.25) is 0 Å². The molecule has 13 rings (SSSR count). The maximum atomic E-state index is 10.1. The number of ether oxygens (including phenoxy) is 1. The molecule has 0 unspecified atom stereocenters. The number of hydrogen-bond donors (Lipinski definition) is 0. The SMILES string of the molecule is [2H]c1c([2H])c([2H])c(-c2c([2H])c([2H])c(N(c3c([2H])c([2H])c(-c4c([2H])c([2H])c([2H])c5c4Sc4c([2H])c([2H])c([2H])c([2H])c4C54c5c([2H])c([2H])c([2H])c([2H])c5Oc5c([2H])c([2H])c([2H])c([2H])c54)c([2H])c3[2H])c3c([2H])c([2H])c4c(oc5c6c([2H])c([2H])c([2H])c([2H])c6c([2H])c([2H])c54)c3[2H])c([2H])c2[2H])c([2H])c1[2H]. The second kappa shape index (κ2) is 14.1. The smallest absolute Gasteiger partial charge is 0.143 e. The molecule has 3 nitrogen and oxygen atoms in total. The molecule has 0 N–H and O–H groups in total. The number of fused-ring (bicyclic) bond motifs is 13. The second-order valence-electron chi connectivity index (χ2n) is 13.5. The molecule has 63 heavy (non-hydrogen) atoms. The van der Waals surface area contributed by atoms with Crippen molar-refractivity contribution in [1.29, 1.82) is 0 Å². The van der Waals surface area contributed by atoms with Gasteiger partial charge in [0.2, 0.25) is 0 Å². The van der Waals surface area contributed by atoms with Crippen molar-refractivity contribution in [3.05, 3.63) is 246 Å². The van der Waals surface area contributed by atoms with Crippen LogP contribution in [0.5, 0.6) is 11.5 Å². The topological polar surface area (TPSA) is 25.6 Å². The quantitative estimate of drug-likeness (QED) is 0.172. The molecule has 1 aromatic heterocycles. The fourth-order valence-corrected chi connectivity index (χ4v) is 8.79. The van der Waals surface area contributed by atoms with E-state index in [0.29, 0.717) is 4.90 Å². The van der Waals surface area contributed by atoms with Gasteiger partial charge in [0.15, 0.2) is 0 Å². The lowest BCUT2D eigenvalue weighted by atomic mass is 9.63. The van der Waals surface area contributed by atoms with Gasteiger partial charge in [-0.05, 0) is 99.2 Å². The molecule has 10 aromatic carbocycles. The van der Waals surface area contributed by atoms with Gasteiger partial charge in [-0.25, -0.2) is 0 Å². The minimum absolute atomic E-state index is 0.256. The highest BCUT2D eigenvalue weighted by atomic mass is 32.2. The molecule has 0 bridgehead atoms. The number of rotatable bonds is 5. The van der Waals surface area contributed by atoms with E-state index < -0.39 is 345 Å². The van der Waals surface area contributed by atoms with Crippen LogP contribution in [0, 0.1) is 0 Å². The summed E-state index contributed by atoms with van der Waals surface area (Å²) in [5.74, 6) is -1.85. The van der Waals surface area contributed by atoms with E-state index in [1.54, 1.807) is 0 Å². The summed E-state index contributed by atoms with van der Waals surface area (Å²) in [6.07, 6.45) is 0. The Bertz CT molecular complexity index is 5600. The Balaban J connectivity index is 1.21. The van der Waals surface area contributed by atoms with Gasteiger partial charge in [-0.1, -0.05) is 169 Å². The standard InChI is InChI=1S/C59H37NO2S/c1-2-13-38(14-3-1)39-25-30-42(31-26-39)60(44-34-36-47-48-35-29-40-15-4-5-16-45(40)57(48)62-55(47)37-44)43-32-27-41(28-33-43)46-17-12-21-52-58(46)63-56-24-11-8-20-51(56)59(52)49-18-6-9-22-53(49)61-54-23-10-7-19-50(54)59/h1-37H/i1D,2D,3D,4D,5D,6D,7D,8D,9D,10D,11D,12D,13D,14D,15D,16D,17D,18D,19D,20D,21D,22D,23D,24D,25D,26D,27D,28D,29D,30D,31D,32D,33D,34D,35D,36D,37D. The number of furan rings is 1. The van der Waals surface area contributed by atoms with Gasteiger partial charge in [0, 0.05) is 60.2 Å². The van der Waals surface area contributed by atoms with Gasteiger partial charge in [0.05, 0.1) is 56.1 Å². The lowest BCUT2D eigenvalue weighted by molar-refractivity contribution is 0.431. The van der Waals surface area contributed by atoms with Crippen LogP contribution in [-0.4, -0.2) is 0 Å². The van der Waals surface area contributed by atoms with Gasteiger partial charge < -0.3 is 14.1 Å². The zero-order valence-electron chi connectivity index (χ0n) is 68.2. The molecule has 1 spiro atoms. The Labute approximate surface area is 421 Å². The van der Waals surface area contributed by atoms with E-state index in [2.05, 4.69) is 0 Å². The van der Waals surface area contributed by atoms with E-state index in [1.807, 2.05) is 0 Å². The van der Waals surface area contributed by atoms with Crippen LogP contribution in [0.1, 0.15) is 73.0 Å². The second-order valence-corrected chi connectivity index (χ2v) is 14.6. The number of hydrogen-bond acceptors (Lipinski definition) is 4. The summed E-state index contributed by atoms with van der Waals surface area (Å²) in [7, 11) is 0. The summed E-state index contributed by atoms with van der Waals surface area (Å²) in [4.78, 5) is -1.08. The van der Waals surface area contributed by atoms with E-state index in [1.165, 1.54) is 0 Å². The maximum Gasteiger partial charge on any atom is 0.143 e. The first-order valence-corrected chi connectivity index (χ1v) is 19.2. The zero-order chi connectivity index (χ0) is 73.7. The lowest BCUT2D eigenvalue weighted by Gasteiger charge is -2.45. The Morgan fingerprint density at radius 3 is 1.78 bits per heavy atom. The van der Waals surface area contributed by atoms with Gasteiger partial charge >= 0.3 is 0 Å². The first kappa shape index (κ1) is 14.9. The zero-order valence-corrected chi connectivity index (χ0v) is 32.0. The highest BCUT2D eigenvalue weighted by molar-refractivity contribution is 7.99. The minimum Gasteiger partial charge on any atom is -0.457 e. The third-order valence-electron chi connectivity index (χ3n) is 10.3. The predicted molar refractivity (Wildman–Crippen MR) is 259 cm³/mol. The number of anilines is 3. The van der Waals surface area contributed by atoms with Crippen LogP contribution in [0.4, 0.5) is 17.1 Å². The van der Waals surface area contributed by atoms with E-state index in [0.717, 1.165) is 0 Å². The Kier molecular flexibility index (Phi) is 3.35. The molecule has 296 valence electrons. The number of benzene rings is 10. The van der Waals surface area contributed by atoms with Gasteiger partial charge in [0.25, 0.3) is 0 Å². The molecule has 2 aliphatic rings. The fraction of sp³-hybridized carbons (Fsp3) is 0.0169. The van der Waals surface area contributed by atoms with E-state index >= 15 is 0 Å². The van der Waals surface area contributed by atoms with Crippen LogP contribution in [-0.2, 0) is 5.41 Å². The first-order valence-electron chi connectivity index (χ1n) is 36.9. The minimum atomic E-state index is -3.13. The lowest BCUT2D eigenvalue weighted by Crippen LogP contribution is -2.36. The first-order chi connectivity index (χ1) is 46.6. The van der Waals surface area contributed by atoms with E-state index in [4.69, 9.17) is 32.5 Å². The largest absolute Gasteiger partial charge is 0.457 e. The summed E-state index contributed by atoms with van der Waals surface area (Å²) in [5.41, 5.74) is -15.5. The molecule has 4 heteroatoms. The molecule has 0 saturated heterocycles. The summed E-state index contributed by atoms with van der Waals surface area (Å²) >= 11 is 0.256. The molecule has 0 saturated carbocycles. The highest BCUT2D eigenvalue weighted by Gasteiger charge is 2.49. The van der Waals surface area contributed by atoms with Crippen LogP contribution in [0.25, 0.3) is 55.0 Å². The van der Waals surface area contributed by atoms with E-state index in [-0.39, 0.29) is 11.8 Å². The van der Waals surface area contributed by atoms with Crippen molar-refractivity contribution < 1.29 is 59.9 Å². The summed E-state index contributed by atoms with van der Waals surface area (Å²) in [6.45, 7) is 0. The monoisotopic (exact) mass is 860 g/mol. The molecule has 0 fully saturated rings. The van der Waals surface area contributed by atoms with Crippen molar-refractivity contribution >= 4 is 61.5 Å². The average Bonchev–Trinajstić information content (AvgIpc) is 0.783. The fourth-order valence-electron chi connectivity index (χ4n) is 7.62. The molecule has 11 aromatic rings.